The number of nitrogens with zero attached hydrogens (tertiary/aromatic N) is 2. The number of nitro benzene ring substituents is 1. The molecule has 1 heterocycles. The first-order valence-electron chi connectivity index (χ1n) is 6.47. The molecule has 0 radical (unpaired) electrons. The second-order valence-electron chi connectivity index (χ2n) is 5.09. The molecule has 1 aliphatic carbocycles. The first-order chi connectivity index (χ1) is 9.97. The minimum atomic E-state index is -1.20. The summed E-state index contributed by atoms with van der Waals surface area (Å²) in [6.45, 7) is 1.79. The Morgan fingerprint density at radius 1 is 1.48 bits per heavy atom. The van der Waals surface area contributed by atoms with Crippen molar-refractivity contribution >= 4 is 11.7 Å². The highest BCUT2D eigenvalue weighted by molar-refractivity contribution is 5.87. The molecule has 0 saturated heterocycles. The molecule has 1 aromatic heterocycles. The van der Waals surface area contributed by atoms with E-state index in [9.17, 15) is 14.9 Å². The smallest absolute Gasteiger partial charge is 0.373 e. The molecule has 1 fully saturated rings. The van der Waals surface area contributed by atoms with E-state index >= 15 is 0 Å². The van der Waals surface area contributed by atoms with E-state index in [1.54, 1.807) is 19.1 Å². The van der Waals surface area contributed by atoms with Crippen molar-refractivity contribution in [3.63, 3.8) is 0 Å². The molecule has 0 amide bonds. The molecule has 0 bridgehead atoms. The number of carbonyl (C=O) groups is 1. The molecule has 0 atom stereocenters. The van der Waals surface area contributed by atoms with Crippen molar-refractivity contribution in [2.75, 3.05) is 0 Å². The van der Waals surface area contributed by atoms with Gasteiger partial charge in [0.1, 0.15) is 5.56 Å². The second kappa shape index (κ2) is 4.69. The maximum Gasteiger partial charge on any atom is 0.373 e. The van der Waals surface area contributed by atoms with E-state index in [2.05, 4.69) is 4.98 Å². The lowest BCUT2D eigenvalue weighted by atomic mass is 10.1. The number of aromatic nitrogens is 1. The molecule has 108 valence electrons. The summed E-state index contributed by atoms with van der Waals surface area (Å²) in [5, 5.41) is 20.3. The van der Waals surface area contributed by atoms with Crippen molar-refractivity contribution in [3.05, 3.63) is 45.3 Å². The van der Waals surface area contributed by atoms with E-state index in [-0.39, 0.29) is 28.8 Å². The van der Waals surface area contributed by atoms with Crippen LogP contribution in [0.25, 0.3) is 11.5 Å². The van der Waals surface area contributed by atoms with E-state index in [0.29, 0.717) is 5.69 Å². The topological polar surface area (TPSA) is 106 Å². The lowest BCUT2D eigenvalue weighted by Gasteiger charge is -2.00. The van der Waals surface area contributed by atoms with Gasteiger partial charge in [-0.2, -0.15) is 0 Å². The van der Waals surface area contributed by atoms with Crippen LogP contribution in [0.2, 0.25) is 0 Å². The molecule has 1 aromatic carbocycles. The van der Waals surface area contributed by atoms with Crippen LogP contribution in [-0.2, 0) is 0 Å². The molecule has 7 nitrogen and oxygen atoms in total. The molecule has 21 heavy (non-hydrogen) atoms. The zero-order valence-corrected chi connectivity index (χ0v) is 11.2. The summed E-state index contributed by atoms with van der Waals surface area (Å²) in [5.41, 5.74) is 1.24. The van der Waals surface area contributed by atoms with Crippen LogP contribution in [0.15, 0.2) is 22.6 Å². The molecular weight excluding hydrogens is 276 g/mol. The Balaban J connectivity index is 2.16. The standard InChI is InChI=1S/C14H12N2O5/c1-7-2-5-10(16(19)20)9(6-7)13-15-11(8-3-4-8)12(21-13)14(17)18/h2,5-6,8H,3-4H2,1H3,(H,17,18). The molecular formula is C14H12N2O5. The van der Waals surface area contributed by atoms with Gasteiger partial charge in [0, 0.05) is 12.0 Å². The van der Waals surface area contributed by atoms with Gasteiger partial charge in [0.05, 0.1) is 10.6 Å². The number of carboxylic acids is 1. The minimum absolute atomic E-state index is 0.00954. The summed E-state index contributed by atoms with van der Waals surface area (Å²) in [7, 11) is 0. The minimum Gasteiger partial charge on any atom is -0.475 e. The molecule has 1 N–H and O–H groups in total. The summed E-state index contributed by atoms with van der Waals surface area (Å²) in [5.74, 6) is -1.35. The highest BCUT2D eigenvalue weighted by Gasteiger charge is 2.34. The third-order valence-electron chi connectivity index (χ3n) is 3.39. The van der Waals surface area contributed by atoms with Crippen LogP contribution in [0, 0.1) is 17.0 Å². The molecule has 3 rings (SSSR count). The average Bonchev–Trinajstić information content (AvgIpc) is 3.16. The van der Waals surface area contributed by atoms with Crippen LogP contribution in [0.3, 0.4) is 0 Å². The number of aromatic carboxylic acids is 1. The zero-order chi connectivity index (χ0) is 15.1. The molecule has 0 unspecified atom stereocenters. The van der Waals surface area contributed by atoms with Crippen LogP contribution < -0.4 is 0 Å². The Morgan fingerprint density at radius 3 is 2.76 bits per heavy atom. The van der Waals surface area contributed by atoms with E-state index in [4.69, 9.17) is 9.52 Å². The van der Waals surface area contributed by atoms with Crippen LogP contribution in [0.1, 0.15) is 40.6 Å². The average molecular weight is 288 g/mol. The quantitative estimate of drug-likeness (QED) is 0.684. The fourth-order valence-electron chi connectivity index (χ4n) is 2.21. The largest absolute Gasteiger partial charge is 0.475 e. The number of hydrogen-bond acceptors (Lipinski definition) is 5. The Hall–Kier alpha value is -2.70. The van der Waals surface area contributed by atoms with Crippen LogP contribution in [0.5, 0.6) is 0 Å². The fourth-order valence-corrected chi connectivity index (χ4v) is 2.21. The zero-order valence-electron chi connectivity index (χ0n) is 11.2. The Kier molecular flexibility index (Phi) is 2.97. The van der Waals surface area contributed by atoms with Crippen molar-refractivity contribution in [2.45, 2.75) is 25.7 Å². The van der Waals surface area contributed by atoms with Gasteiger partial charge >= 0.3 is 5.97 Å². The third-order valence-corrected chi connectivity index (χ3v) is 3.39. The van der Waals surface area contributed by atoms with Crippen LogP contribution in [-0.4, -0.2) is 21.0 Å². The van der Waals surface area contributed by atoms with Gasteiger partial charge < -0.3 is 9.52 Å². The number of nitro groups is 1. The van der Waals surface area contributed by atoms with E-state index in [1.165, 1.54) is 6.07 Å². The first-order valence-corrected chi connectivity index (χ1v) is 6.47. The van der Waals surface area contributed by atoms with Crippen molar-refractivity contribution in [2.24, 2.45) is 0 Å². The Morgan fingerprint density at radius 2 is 2.19 bits per heavy atom. The molecule has 0 aliphatic heterocycles. The van der Waals surface area contributed by atoms with Gasteiger partial charge in [-0.25, -0.2) is 9.78 Å². The summed E-state index contributed by atoms with van der Waals surface area (Å²) >= 11 is 0. The lowest BCUT2D eigenvalue weighted by molar-refractivity contribution is -0.384. The fraction of sp³-hybridized carbons (Fsp3) is 0.286. The third kappa shape index (κ3) is 2.37. The van der Waals surface area contributed by atoms with Crippen molar-refractivity contribution in [1.82, 2.24) is 4.98 Å². The van der Waals surface area contributed by atoms with Crippen molar-refractivity contribution < 1.29 is 19.2 Å². The van der Waals surface area contributed by atoms with E-state index in [0.717, 1.165) is 18.4 Å². The number of aryl methyl sites for hydroxylation is 1. The number of oxazole rings is 1. The predicted molar refractivity (Wildman–Crippen MR) is 72.3 cm³/mol. The summed E-state index contributed by atoms with van der Waals surface area (Å²) in [6.07, 6.45) is 1.73. The Labute approximate surface area is 119 Å². The highest BCUT2D eigenvalue weighted by atomic mass is 16.6. The Bertz CT molecular complexity index is 746. The van der Waals surface area contributed by atoms with Gasteiger partial charge in [-0.1, -0.05) is 6.07 Å². The van der Waals surface area contributed by atoms with Gasteiger partial charge in [-0.05, 0) is 31.4 Å². The number of hydrogen-bond donors (Lipinski definition) is 1. The number of rotatable bonds is 4. The SMILES string of the molecule is Cc1ccc([N+](=O)[O-])c(-c2nc(C3CC3)c(C(=O)O)o2)c1. The van der Waals surface area contributed by atoms with Gasteiger partial charge in [0.2, 0.25) is 11.7 Å². The van der Waals surface area contributed by atoms with Gasteiger partial charge in [0.15, 0.2) is 0 Å². The number of carboxylic acid groups (broad SMARTS) is 1. The van der Waals surface area contributed by atoms with Gasteiger partial charge in [-0.15, -0.1) is 0 Å². The first kappa shape index (κ1) is 13.3. The molecule has 2 aromatic rings. The maximum atomic E-state index is 11.2. The van der Waals surface area contributed by atoms with E-state index < -0.39 is 10.9 Å². The van der Waals surface area contributed by atoms with Gasteiger partial charge in [0.25, 0.3) is 5.69 Å². The van der Waals surface area contributed by atoms with Gasteiger partial charge in [-0.3, -0.25) is 10.1 Å². The van der Waals surface area contributed by atoms with E-state index in [1.807, 2.05) is 0 Å². The lowest BCUT2D eigenvalue weighted by Crippen LogP contribution is -1.98. The molecule has 1 saturated carbocycles. The summed E-state index contributed by atoms with van der Waals surface area (Å²) in [6, 6.07) is 4.56. The highest BCUT2D eigenvalue weighted by Crippen LogP contribution is 2.43. The predicted octanol–water partition coefficient (Wildman–Crippen LogP) is 3.13. The monoisotopic (exact) mass is 288 g/mol. The molecule has 0 spiro atoms. The summed E-state index contributed by atoms with van der Waals surface area (Å²) in [4.78, 5) is 26.0. The molecule has 1 aliphatic rings. The number of benzene rings is 1. The second-order valence-corrected chi connectivity index (χ2v) is 5.09. The van der Waals surface area contributed by atoms with Crippen LogP contribution in [0.4, 0.5) is 5.69 Å². The van der Waals surface area contributed by atoms with Crippen LogP contribution >= 0.6 is 0 Å². The molecule has 7 heteroatoms. The van der Waals surface area contributed by atoms with Crippen molar-refractivity contribution in [3.8, 4) is 11.5 Å². The maximum absolute atomic E-state index is 11.2. The van der Waals surface area contributed by atoms with Crippen molar-refractivity contribution in [1.29, 1.82) is 0 Å². The normalized spacial score (nSPS) is 14.1. The summed E-state index contributed by atoms with van der Waals surface area (Å²) < 4.78 is 5.29.